The van der Waals surface area contributed by atoms with Gasteiger partial charge in [-0.25, -0.2) is 0 Å². The Morgan fingerprint density at radius 3 is 2.33 bits per heavy atom. The SMILES string of the molecule is CO[C@@H]1[C@@H](OC2OC(C)C(OC3CC(C)(O)C(OC(C)=O)C(C)O3)C(N(C)C)C2O)[C@@H](CC=O)C[C@@H](C)[C@@H](O)/C=C/C=C/C[C@@H](C)OC(=O)C[C@H]1O. The molecule has 0 aromatic heterocycles. The van der Waals surface area contributed by atoms with Crippen LogP contribution in [0.25, 0.3) is 0 Å². The number of cyclic esters (lactones) is 1. The summed E-state index contributed by atoms with van der Waals surface area (Å²) in [5.41, 5.74) is -1.47. The average molecular weight is 744 g/mol. The third-order valence-electron chi connectivity index (χ3n) is 10.1. The summed E-state index contributed by atoms with van der Waals surface area (Å²) in [7, 11) is 4.84. The molecule has 2 saturated heterocycles. The minimum absolute atomic E-state index is 0.0335. The number of ether oxygens (including phenoxy) is 7. The molecular formula is C37H61NO14. The number of nitrogens with zero attached hydrogens (tertiary/aromatic N) is 1. The van der Waals surface area contributed by atoms with Gasteiger partial charge in [0.05, 0.1) is 43.0 Å². The predicted octanol–water partition coefficient (Wildman–Crippen LogP) is 1.42. The van der Waals surface area contributed by atoms with Gasteiger partial charge in [0.15, 0.2) is 18.7 Å². The number of rotatable bonds is 9. The topological polar surface area (TPSA) is 200 Å². The summed E-state index contributed by atoms with van der Waals surface area (Å²) in [5.74, 6) is -2.23. The third kappa shape index (κ3) is 11.8. The fourth-order valence-corrected chi connectivity index (χ4v) is 7.43. The summed E-state index contributed by atoms with van der Waals surface area (Å²) in [6.07, 6.45) is -4.09. The fourth-order valence-electron chi connectivity index (χ4n) is 7.43. The molecule has 3 heterocycles. The molecule has 16 atom stereocenters. The highest BCUT2D eigenvalue weighted by atomic mass is 16.7. The van der Waals surface area contributed by atoms with Gasteiger partial charge in [0, 0.05) is 33.3 Å². The highest BCUT2D eigenvalue weighted by Crippen LogP contribution is 2.37. The number of allylic oxidation sites excluding steroid dienone is 2. The maximum absolute atomic E-state index is 12.9. The lowest BCUT2D eigenvalue weighted by molar-refractivity contribution is -0.344. The number of carbonyl (C=O) groups is 3. The summed E-state index contributed by atoms with van der Waals surface area (Å²) < 4.78 is 41.8. The molecule has 4 N–H and O–H groups in total. The van der Waals surface area contributed by atoms with E-state index in [0.717, 1.165) is 0 Å². The molecule has 15 heteroatoms. The van der Waals surface area contributed by atoms with E-state index in [0.29, 0.717) is 12.7 Å². The Bertz CT molecular complexity index is 1210. The molecule has 298 valence electrons. The van der Waals surface area contributed by atoms with E-state index in [9.17, 15) is 34.8 Å². The Kier molecular flexibility index (Phi) is 16.8. The standard InChI is InChI=1S/C37H61NO14/c1-20-17-25(15-16-39)33(34(46-9)27(42)18-28(43)47-21(2)13-11-10-12-14-26(20)41)52-36-31(44)30(38(7)8)32(22(3)49-36)51-29-19-37(6,45)35(23(4)48-29)50-24(5)40/h10-12,14,16,20-23,25-27,29-36,41-42,44-45H,13,15,17-19H2,1-9H3/b11-10+,14-12+/t20-,21-,22?,23?,25+,26+,27-,29?,30?,31?,32?,33+,34+,35?,36?,37?/m1/s1. The summed E-state index contributed by atoms with van der Waals surface area (Å²) in [4.78, 5) is 38.4. The lowest BCUT2D eigenvalue weighted by Crippen LogP contribution is -2.66. The molecule has 0 aromatic carbocycles. The number of hydrogen-bond donors (Lipinski definition) is 4. The molecule has 2 fully saturated rings. The minimum Gasteiger partial charge on any atom is -0.462 e. The van der Waals surface area contributed by atoms with Crippen LogP contribution in [0.3, 0.4) is 0 Å². The lowest BCUT2D eigenvalue weighted by Gasteiger charge is -2.50. The number of hydrogen-bond acceptors (Lipinski definition) is 15. The first kappa shape index (κ1) is 44.1. The van der Waals surface area contributed by atoms with Crippen molar-refractivity contribution in [2.45, 2.75) is 159 Å². The molecule has 0 aromatic rings. The van der Waals surface area contributed by atoms with E-state index in [1.165, 1.54) is 21.0 Å². The van der Waals surface area contributed by atoms with Crippen LogP contribution in [-0.4, -0.2) is 150 Å². The van der Waals surface area contributed by atoms with Gasteiger partial charge in [-0.3, -0.25) is 9.59 Å². The molecule has 52 heavy (non-hydrogen) atoms. The van der Waals surface area contributed by atoms with Crippen LogP contribution in [0.2, 0.25) is 0 Å². The van der Waals surface area contributed by atoms with Crippen LogP contribution in [0.4, 0.5) is 0 Å². The maximum Gasteiger partial charge on any atom is 0.308 e. The van der Waals surface area contributed by atoms with Gasteiger partial charge in [-0.2, -0.15) is 0 Å². The monoisotopic (exact) mass is 743 g/mol. The molecule has 3 aliphatic heterocycles. The van der Waals surface area contributed by atoms with Crippen molar-refractivity contribution in [2.75, 3.05) is 21.2 Å². The first-order chi connectivity index (χ1) is 24.4. The number of aldehydes is 1. The van der Waals surface area contributed by atoms with Crippen LogP contribution < -0.4 is 0 Å². The molecule has 15 nitrogen and oxygen atoms in total. The quantitative estimate of drug-likeness (QED) is 0.195. The van der Waals surface area contributed by atoms with Gasteiger partial charge in [-0.15, -0.1) is 0 Å². The minimum atomic E-state index is -1.47. The van der Waals surface area contributed by atoms with Gasteiger partial charge in [0.25, 0.3) is 0 Å². The van der Waals surface area contributed by atoms with Crippen molar-refractivity contribution in [3.8, 4) is 0 Å². The molecule has 0 spiro atoms. The Morgan fingerprint density at radius 1 is 1.04 bits per heavy atom. The Hall–Kier alpha value is -2.31. The van der Waals surface area contributed by atoms with Crippen LogP contribution in [0.1, 0.15) is 73.6 Å². The van der Waals surface area contributed by atoms with E-state index in [-0.39, 0.29) is 25.2 Å². The zero-order chi connectivity index (χ0) is 38.9. The molecule has 0 radical (unpaired) electrons. The van der Waals surface area contributed by atoms with E-state index < -0.39 is 110 Å². The first-order valence-corrected chi connectivity index (χ1v) is 18.1. The summed E-state index contributed by atoms with van der Waals surface area (Å²) in [5, 5.41) is 45.4. The highest BCUT2D eigenvalue weighted by molar-refractivity contribution is 5.70. The Balaban J connectivity index is 1.93. The third-order valence-corrected chi connectivity index (χ3v) is 10.1. The van der Waals surface area contributed by atoms with Crippen molar-refractivity contribution >= 4 is 18.2 Å². The van der Waals surface area contributed by atoms with E-state index in [1.54, 1.807) is 58.0 Å². The second kappa shape index (κ2) is 19.9. The van der Waals surface area contributed by atoms with Crippen molar-refractivity contribution < 1.29 is 68.0 Å². The van der Waals surface area contributed by atoms with Crippen molar-refractivity contribution in [2.24, 2.45) is 11.8 Å². The van der Waals surface area contributed by atoms with Crippen LogP contribution in [0.5, 0.6) is 0 Å². The summed E-state index contributed by atoms with van der Waals surface area (Å²) in [6, 6.07) is -0.749. The molecular weight excluding hydrogens is 682 g/mol. The van der Waals surface area contributed by atoms with Gasteiger partial charge in [0.2, 0.25) is 0 Å². The molecule has 3 aliphatic rings. The second-order valence-corrected chi connectivity index (χ2v) is 14.9. The van der Waals surface area contributed by atoms with Crippen molar-refractivity contribution in [3.05, 3.63) is 24.3 Å². The molecule has 9 unspecified atom stereocenters. The molecule has 3 rings (SSSR count). The second-order valence-electron chi connectivity index (χ2n) is 14.9. The summed E-state index contributed by atoms with van der Waals surface area (Å²) in [6.45, 7) is 9.74. The van der Waals surface area contributed by atoms with Crippen molar-refractivity contribution in [3.63, 3.8) is 0 Å². The van der Waals surface area contributed by atoms with E-state index >= 15 is 0 Å². The van der Waals surface area contributed by atoms with Gasteiger partial charge in [0.1, 0.15) is 36.3 Å². The predicted molar refractivity (Wildman–Crippen MR) is 187 cm³/mol. The lowest BCUT2D eigenvalue weighted by atomic mass is 9.82. The zero-order valence-corrected chi connectivity index (χ0v) is 31.9. The number of aliphatic hydroxyl groups is 4. The molecule has 0 saturated carbocycles. The van der Waals surface area contributed by atoms with Gasteiger partial charge < -0.3 is 63.3 Å². The number of carbonyl (C=O) groups excluding carboxylic acids is 3. The number of aliphatic hydroxyl groups excluding tert-OH is 3. The van der Waals surface area contributed by atoms with Gasteiger partial charge in [-0.05, 0) is 60.0 Å². The van der Waals surface area contributed by atoms with Crippen LogP contribution in [0, 0.1) is 11.8 Å². The zero-order valence-electron chi connectivity index (χ0n) is 31.9. The average Bonchev–Trinajstić information content (AvgIpc) is 3.03. The van der Waals surface area contributed by atoms with Gasteiger partial charge in [-0.1, -0.05) is 31.2 Å². The van der Waals surface area contributed by atoms with E-state index in [2.05, 4.69) is 0 Å². The Morgan fingerprint density at radius 2 is 1.73 bits per heavy atom. The van der Waals surface area contributed by atoms with Crippen LogP contribution >= 0.6 is 0 Å². The smallest absolute Gasteiger partial charge is 0.308 e. The van der Waals surface area contributed by atoms with Crippen molar-refractivity contribution in [1.29, 1.82) is 0 Å². The number of likely N-dealkylation sites (N-methyl/N-ethyl adjacent to an activating group) is 1. The Labute approximate surface area is 307 Å². The number of esters is 2. The van der Waals surface area contributed by atoms with Gasteiger partial charge >= 0.3 is 11.9 Å². The normalized spacial score (nSPS) is 44.0. The molecule has 0 aliphatic carbocycles. The number of methoxy groups -OCH3 is 1. The first-order valence-electron chi connectivity index (χ1n) is 18.1. The highest BCUT2D eigenvalue weighted by Gasteiger charge is 2.52. The molecule has 0 amide bonds. The largest absolute Gasteiger partial charge is 0.462 e. The van der Waals surface area contributed by atoms with E-state index in [1.807, 2.05) is 13.0 Å². The maximum atomic E-state index is 12.9. The van der Waals surface area contributed by atoms with Crippen LogP contribution in [-0.2, 0) is 47.5 Å². The van der Waals surface area contributed by atoms with E-state index in [4.69, 9.17) is 33.2 Å². The fraction of sp³-hybridized carbons (Fsp3) is 0.811. The van der Waals surface area contributed by atoms with Crippen molar-refractivity contribution in [1.82, 2.24) is 4.90 Å². The van der Waals surface area contributed by atoms with Crippen LogP contribution in [0.15, 0.2) is 24.3 Å². The molecule has 0 bridgehead atoms. The summed E-state index contributed by atoms with van der Waals surface area (Å²) >= 11 is 0.